The second-order valence-electron chi connectivity index (χ2n) is 7.13. The quantitative estimate of drug-likeness (QED) is 0.463. The van der Waals surface area contributed by atoms with Crippen LogP contribution in [0.25, 0.3) is 0 Å². The van der Waals surface area contributed by atoms with Crippen LogP contribution in [0.4, 0.5) is 4.39 Å². The zero-order valence-electron chi connectivity index (χ0n) is 17.5. The van der Waals surface area contributed by atoms with Crippen molar-refractivity contribution in [1.82, 2.24) is 10.2 Å². The number of hydrogen-bond acceptors (Lipinski definition) is 3. The third kappa shape index (κ3) is 7.27. The molecule has 30 heavy (non-hydrogen) atoms. The summed E-state index contributed by atoms with van der Waals surface area (Å²) in [6.07, 6.45) is 1.25. The number of hydrogen-bond donors (Lipinski definition) is 1. The van der Waals surface area contributed by atoms with Crippen molar-refractivity contribution in [1.29, 1.82) is 0 Å². The van der Waals surface area contributed by atoms with Gasteiger partial charge in [-0.3, -0.25) is 9.59 Å². The van der Waals surface area contributed by atoms with Crippen molar-refractivity contribution in [3.05, 3.63) is 63.5 Å². The molecular formula is C23H28FIN2O3. The van der Waals surface area contributed by atoms with Crippen LogP contribution in [0.15, 0.2) is 48.5 Å². The van der Waals surface area contributed by atoms with Gasteiger partial charge in [0.1, 0.15) is 17.6 Å². The van der Waals surface area contributed by atoms with Crippen molar-refractivity contribution in [2.24, 2.45) is 0 Å². The molecule has 0 heterocycles. The lowest BCUT2D eigenvalue weighted by Crippen LogP contribution is -2.51. The molecule has 0 aliphatic heterocycles. The maximum atomic E-state index is 13.3. The van der Waals surface area contributed by atoms with Crippen LogP contribution in [0.1, 0.15) is 39.2 Å². The summed E-state index contributed by atoms with van der Waals surface area (Å²) in [5, 5.41) is 2.96. The molecule has 0 spiro atoms. The summed E-state index contributed by atoms with van der Waals surface area (Å²) in [6.45, 7) is 5.79. The second kappa shape index (κ2) is 11.9. The van der Waals surface area contributed by atoms with Gasteiger partial charge in [-0.25, -0.2) is 4.39 Å². The number of halogens is 2. The van der Waals surface area contributed by atoms with Gasteiger partial charge in [-0.15, -0.1) is 0 Å². The zero-order chi connectivity index (χ0) is 22.1. The highest BCUT2D eigenvalue weighted by Gasteiger charge is 2.29. The molecule has 5 nitrogen and oxygen atoms in total. The molecule has 1 N–H and O–H groups in total. The number of ether oxygens (including phenoxy) is 1. The monoisotopic (exact) mass is 526 g/mol. The fourth-order valence-electron chi connectivity index (χ4n) is 2.91. The van der Waals surface area contributed by atoms with Gasteiger partial charge in [-0.2, -0.15) is 0 Å². The highest BCUT2D eigenvalue weighted by molar-refractivity contribution is 14.1. The zero-order valence-corrected chi connectivity index (χ0v) is 19.7. The van der Waals surface area contributed by atoms with Crippen molar-refractivity contribution in [3.63, 3.8) is 0 Å². The molecule has 2 aromatic rings. The fourth-order valence-corrected chi connectivity index (χ4v) is 3.27. The van der Waals surface area contributed by atoms with E-state index in [1.165, 1.54) is 17.0 Å². The lowest BCUT2D eigenvalue weighted by molar-refractivity contribution is -0.143. The standard InChI is InChI=1S/C23H28FIN2O3/c1-4-16(3)26-23(29)21(5-2)27(14-17-6-8-18(24)9-7-17)22(28)15-30-20-12-10-19(25)11-13-20/h6-13,16,21H,4-5,14-15H2,1-3H3,(H,26,29)/t16-,21-/m0/s1. The molecule has 0 saturated carbocycles. The van der Waals surface area contributed by atoms with Crippen molar-refractivity contribution < 1.29 is 18.7 Å². The highest BCUT2D eigenvalue weighted by atomic mass is 127. The molecule has 0 saturated heterocycles. The summed E-state index contributed by atoms with van der Waals surface area (Å²) < 4.78 is 20.0. The Hall–Kier alpha value is -2.16. The fraction of sp³-hybridized carbons (Fsp3) is 0.391. The van der Waals surface area contributed by atoms with Crippen LogP contribution in [-0.4, -0.2) is 35.4 Å². The van der Waals surface area contributed by atoms with Crippen molar-refractivity contribution in [2.45, 2.75) is 52.2 Å². The third-order valence-electron chi connectivity index (χ3n) is 4.83. The molecule has 0 aromatic heterocycles. The van der Waals surface area contributed by atoms with Crippen LogP contribution < -0.4 is 10.1 Å². The molecule has 0 unspecified atom stereocenters. The van der Waals surface area contributed by atoms with E-state index in [1.807, 2.05) is 32.9 Å². The van der Waals surface area contributed by atoms with Crippen molar-refractivity contribution >= 4 is 34.4 Å². The van der Waals surface area contributed by atoms with Gasteiger partial charge >= 0.3 is 0 Å². The molecule has 2 aromatic carbocycles. The van der Waals surface area contributed by atoms with Gasteiger partial charge in [0, 0.05) is 16.2 Å². The first kappa shape index (κ1) is 24.1. The number of benzene rings is 2. The molecular weight excluding hydrogens is 498 g/mol. The molecule has 0 fully saturated rings. The van der Waals surface area contributed by atoms with Crippen molar-refractivity contribution in [3.8, 4) is 5.75 Å². The van der Waals surface area contributed by atoms with Crippen LogP contribution in [-0.2, 0) is 16.1 Å². The van der Waals surface area contributed by atoms with E-state index < -0.39 is 6.04 Å². The van der Waals surface area contributed by atoms with Crippen LogP contribution in [0, 0.1) is 9.39 Å². The van der Waals surface area contributed by atoms with E-state index >= 15 is 0 Å². The van der Waals surface area contributed by atoms with Gasteiger partial charge in [0.25, 0.3) is 5.91 Å². The van der Waals surface area contributed by atoms with Crippen LogP contribution in [0.3, 0.4) is 0 Å². The predicted molar refractivity (Wildman–Crippen MR) is 124 cm³/mol. The molecule has 0 bridgehead atoms. The average Bonchev–Trinajstić information content (AvgIpc) is 2.74. The first-order valence-corrected chi connectivity index (χ1v) is 11.1. The smallest absolute Gasteiger partial charge is 0.261 e. The number of amides is 2. The first-order chi connectivity index (χ1) is 14.3. The van der Waals surface area contributed by atoms with Crippen LogP contribution >= 0.6 is 22.6 Å². The number of carbonyl (C=O) groups excluding carboxylic acids is 2. The molecule has 0 aliphatic rings. The molecule has 0 aliphatic carbocycles. The van der Waals surface area contributed by atoms with E-state index in [2.05, 4.69) is 27.9 Å². The Bertz CT molecular complexity index is 827. The van der Waals surface area contributed by atoms with Gasteiger partial charge in [0.15, 0.2) is 6.61 Å². The topological polar surface area (TPSA) is 58.6 Å². The van der Waals surface area contributed by atoms with Crippen LogP contribution in [0.5, 0.6) is 5.75 Å². The van der Waals surface area contributed by atoms with E-state index in [9.17, 15) is 14.0 Å². The van der Waals surface area contributed by atoms with Crippen molar-refractivity contribution in [2.75, 3.05) is 6.61 Å². The van der Waals surface area contributed by atoms with E-state index in [1.54, 1.807) is 24.3 Å². The molecule has 2 rings (SSSR count). The maximum absolute atomic E-state index is 13.3. The molecule has 0 radical (unpaired) electrons. The Balaban J connectivity index is 2.19. The number of rotatable bonds is 10. The van der Waals surface area contributed by atoms with E-state index in [4.69, 9.17) is 4.74 Å². The van der Waals surface area contributed by atoms with E-state index in [0.29, 0.717) is 12.2 Å². The predicted octanol–water partition coefficient (Wildman–Crippen LogP) is 4.53. The van der Waals surface area contributed by atoms with E-state index in [-0.39, 0.29) is 36.8 Å². The van der Waals surface area contributed by atoms with E-state index in [0.717, 1.165) is 15.6 Å². The maximum Gasteiger partial charge on any atom is 0.261 e. The highest BCUT2D eigenvalue weighted by Crippen LogP contribution is 2.16. The lowest BCUT2D eigenvalue weighted by Gasteiger charge is -2.31. The Kier molecular flexibility index (Phi) is 9.55. The minimum atomic E-state index is -0.642. The molecule has 2 amide bonds. The second-order valence-corrected chi connectivity index (χ2v) is 8.38. The molecule has 7 heteroatoms. The average molecular weight is 526 g/mol. The Morgan fingerprint density at radius 2 is 1.70 bits per heavy atom. The number of carbonyl (C=O) groups is 2. The summed E-state index contributed by atoms with van der Waals surface area (Å²) in [6, 6.07) is 12.7. The SMILES string of the molecule is CC[C@H](C)NC(=O)[C@H](CC)N(Cc1ccc(F)cc1)C(=O)COc1ccc(I)cc1. The number of nitrogens with one attached hydrogen (secondary N) is 1. The largest absolute Gasteiger partial charge is 0.484 e. The third-order valence-corrected chi connectivity index (χ3v) is 5.55. The summed E-state index contributed by atoms with van der Waals surface area (Å²) in [4.78, 5) is 27.4. The summed E-state index contributed by atoms with van der Waals surface area (Å²) >= 11 is 2.19. The Morgan fingerprint density at radius 1 is 1.07 bits per heavy atom. The minimum absolute atomic E-state index is 0.0114. The summed E-state index contributed by atoms with van der Waals surface area (Å²) in [5.74, 6) is -0.261. The van der Waals surface area contributed by atoms with Gasteiger partial charge in [0.2, 0.25) is 5.91 Å². The van der Waals surface area contributed by atoms with Gasteiger partial charge in [-0.1, -0.05) is 26.0 Å². The van der Waals surface area contributed by atoms with Gasteiger partial charge in [0.05, 0.1) is 0 Å². The summed E-state index contributed by atoms with van der Waals surface area (Å²) in [7, 11) is 0. The lowest BCUT2D eigenvalue weighted by atomic mass is 10.1. The normalized spacial score (nSPS) is 12.7. The molecule has 162 valence electrons. The van der Waals surface area contributed by atoms with Gasteiger partial charge < -0.3 is 15.0 Å². The Morgan fingerprint density at radius 3 is 2.27 bits per heavy atom. The Labute approximate surface area is 191 Å². The number of nitrogens with zero attached hydrogens (tertiary/aromatic N) is 1. The van der Waals surface area contributed by atoms with Crippen LogP contribution in [0.2, 0.25) is 0 Å². The first-order valence-electron chi connectivity index (χ1n) is 10.1. The minimum Gasteiger partial charge on any atom is -0.484 e. The van der Waals surface area contributed by atoms with Gasteiger partial charge in [-0.05, 0) is 84.3 Å². The molecule has 2 atom stereocenters. The summed E-state index contributed by atoms with van der Waals surface area (Å²) in [5.41, 5.74) is 0.744.